The van der Waals surface area contributed by atoms with Gasteiger partial charge in [0.05, 0.1) is 16.4 Å². The van der Waals surface area contributed by atoms with Gasteiger partial charge in [-0.05, 0) is 12.1 Å². The summed E-state index contributed by atoms with van der Waals surface area (Å²) in [5.74, 6) is -0.0186. The van der Waals surface area contributed by atoms with Crippen molar-refractivity contribution < 1.29 is 0 Å². The van der Waals surface area contributed by atoms with E-state index < -0.39 is 0 Å². The molecular weight excluding hydrogens is 366 g/mol. The number of aromatic nitrogens is 5. The second-order valence-corrected chi connectivity index (χ2v) is 6.30. The summed E-state index contributed by atoms with van der Waals surface area (Å²) in [5, 5.41) is 22.1. The number of nitrogens with two attached hydrogens (primary N) is 3. The molecule has 0 radical (unpaired) electrons. The number of hydrogen-bond acceptors (Lipinski definition) is 11. The number of anilines is 3. The normalized spacial score (nSPS) is 11.2. The van der Waals surface area contributed by atoms with Crippen molar-refractivity contribution in [3.05, 3.63) is 36.0 Å². The van der Waals surface area contributed by atoms with Crippen molar-refractivity contribution in [2.45, 2.75) is 0 Å². The number of thiazole rings is 1. The summed E-state index contributed by atoms with van der Waals surface area (Å²) in [6.07, 6.45) is 1.53. The molecule has 0 atom stereocenters. The quantitative estimate of drug-likeness (QED) is 0.454. The number of nitrogen functional groups attached to an aromatic ring is 3. The van der Waals surface area contributed by atoms with Crippen LogP contribution in [0.1, 0.15) is 5.56 Å². The van der Waals surface area contributed by atoms with Crippen LogP contribution in [0.3, 0.4) is 0 Å². The van der Waals surface area contributed by atoms with Gasteiger partial charge in [0.25, 0.3) is 0 Å². The third kappa shape index (κ3) is 2.98. The van der Waals surface area contributed by atoms with E-state index in [9.17, 15) is 5.26 Å². The number of nitriles is 1. The predicted molar refractivity (Wildman–Crippen MR) is 101 cm³/mol. The smallest absolute Gasteiger partial charge is 0.224 e. The molecule has 0 saturated heterocycles. The molecule has 3 aromatic heterocycles. The molecular formula is C15H11N11S. The lowest BCUT2D eigenvalue weighted by atomic mass is 10.3. The Morgan fingerprint density at radius 2 is 1.78 bits per heavy atom. The van der Waals surface area contributed by atoms with Crippen LogP contribution in [-0.4, -0.2) is 24.7 Å². The minimum Gasteiger partial charge on any atom is -0.382 e. The Kier molecular flexibility index (Phi) is 3.83. The topological polar surface area (TPSA) is 183 Å². The highest BCUT2D eigenvalue weighted by Gasteiger charge is 2.14. The zero-order valence-electron chi connectivity index (χ0n) is 13.6. The number of fused-ring (bicyclic) bond motifs is 1. The standard InChI is InChI=1S/C15H11N11S/c16-5-7-6-26(15-20-8-3-1-2-4-9(8)27-15)25-13(7)24-23-10-11(17)21-14(19)22-12(10)18/h1-4,6H,(H6,17,18,19,21,22). The SMILES string of the molecule is N#Cc1cn(-c2nc3ccccc3s2)nc1N=Nc1c(N)nc(N)nc1N. The molecule has 12 heteroatoms. The maximum atomic E-state index is 9.35. The maximum absolute atomic E-state index is 9.35. The number of azo groups is 1. The Balaban J connectivity index is 1.73. The predicted octanol–water partition coefficient (Wildman–Crippen LogP) is 2.31. The van der Waals surface area contributed by atoms with E-state index in [1.807, 2.05) is 30.3 Å². The average Bonchev–Trinajstić information content (AvgIpc) is 3.24. The van der Waals surface area contributed by atoms with E-state index in [0.29, 0.717) is 5.13 Å². The van der Waals surface area contributed by atoms with Crippen molar-refractivity contribution in [2.75, 3.05) is 17.2 Å². The molecule has 1 aromatic carbocycles. The van der Waals surface area contributed by atoms with Gasteiger partial charge in [0.15, 0.2) is 17.3 Å². The van der Waals surface area contributed by atoms with Gasteiger partial charge in [-0.1, -0.05) is 23.5 Å². The van der Waals surface area contributed by atoms with Gasteiger partial charge < -0.3 is 17.2 Å². The summed E-state index contributed by atoms with van der Waals surface area (Å²) >= 11 is 1.44. The van der Waals surface area contributed by atoms with E-state index >= 15 is 0 Å². The van der Waals surface area contributed by atoms with Gasteiger partial charge in [0.2, 0.25) is 16.9 Å². The molecule has 0 saturated carbocycles. The first kappa shape index (κ1) is 16.4. The van der Waals surface area contributed by atoms with Crippen molar-refractivity contribution in [1.29, 1.82) is 5.26 Å². The zero-order valence-corrected chi connectivity index (χ0v) is 14.4. The highest BCUT2D eigenvalue weighted by Crippen LogP contribution is 2.30. The highest BCUT2D eigenvalue weighted by atomic mass is 32.1. The number of rotatable bonds is 3. The van der Waals surface area contributed by atoms with Crippen molar-refractivity contribution in [3.8, 4) is 11.2 Å². The molecule has 0 spiro atoms. The fraction of sp³-hybridized carbons (Fsp3) is 0. The summed E-state index contributed by atoms with van der Waals surface area (Å²) in [6.45, 7) is 0. The molecule has 6 N–H and O–H groups in total. The molecule has 0 fully saturated rings. The monoisotopic (exact) mass is 377 g/mol. The second kappa shape index (κ2) is 6.32. The van der Waals surface area contributed by atoms with Gasteiger partial charge >= 0.3 is 0 Å². The van der Waals surface area contributed by atoms with Gasteiger partial charge in [-0.15, -0.1) is 15.3 Å². The van der Waals surface area contributed by atoms with Crippen LogP contribution in [0.4, 0.5) is 29.1 Å². The van der Waals surface area contributed by atoms with E-state index in [-0.39, 0.29) is 34.7 Å². The minimum atomic E-state index is -0.0678. The maximum Gasteiger partial charge on any atom is 0.224 e. The van der Waals surface area contributed by atoms with Crippen LogP contribution in [0.15, 0.2) is 40.7 Å². The number of hydrogen-bond donors (Lipinski definition) is 3. The first-order valence-corrected chi connectivity index (χ1v) is 8.32. The van der Waals surface area contributed by atoms with Crippen molar-refractivity contribution in [2.24, 2.45) is 10.2 Å². The molecule has 0 amide bonds. The van der Waals surface area contributed by atoms with Gasteiger partial charge in [0.1, 0.15) is 11.6 Å². The second-order valence-electron chi connectivity index (χ2n) is 5.29. The molecule has 27 heavy (non-hydrogen) atoms. The van der Waals surface area contributed by atoms with Gasteiger partial charge in [0, 0.05) is 0 Å². The van der Waals surface area contributed by atoms with Gasteiger partial charge in [-0.25, -0.2) is 9.67 Å². The van der Waals surface area contributed by atoms with Crippen LogP contribution in [0.2, 0.25) is 0 Å². The minimum absolute atomic E-state index is 0.0205. The lowest BCUT2D eigenvalue weighted by molar-refractivity contribution is 0.868. The summed E-state index contributed by atoms with van der Waals surface area (Å²) in [7, 11) is 0. The van der Waals surface area contributed by atoms with Gasteiger partial charge in [-0.2, -0.15) is 15.2 Å². The van der Waals surface area contributed by atoms with Crippen molar-refractivity contribution in [1.82, 2.24) is 24.7 Å². The molecule has 4 rings (SSSR count). The molecule has 0 aliphatic heterocycles. The van der Waals surface area contributed by atoms with Crippen LogP contribution in [-0.2, 0) is 0 Å². The van der Waals surface area contributed by atoms with E-state index in [0.717, 1.165) is 10.2 Å². The number of para-hydroxylation sites is 1. The third-order valence-electron chi connectivity index (χ3n) is 3.49. The molecule has 0 bridgehead atoms. The molecule has 3 heterocycles. The first-order chi connectivity index (χ1) is 13.0. The molecule has 4 aromatic rings. The van der Waals surface area contributed by atoms with E-state index in [4.69, 9.17) is 17.2 Å². The summed E-state index contributed by atoms with van der Waals surface area (Å²) < 4.78 is 2.48. The van der Waals surface area contributed by atoms with Crippen LogP contribution < -0.4 is 17.2 Å². The van der Waals surface area contributed by atoms with E-state index in [1.165, 1.54) is 22.2 Å². The van der Waals surface area contributed by atoms with Crippen molar-refractivity contribution >= 4 is 50.6 Å². The lowest BCUT2D eigenvalue weighted by Crippen LogP contribution is -2.03. The highest BCUT2D eigenvalue weighted by molar-refractivity contribution is 7.20. The Morgan fingerprint density at radius 1 is 1.04 bits per heavy atom. The number of nitrogens with zero attached hydrogens (tertiary/aromatic N) is 8. The number of benzene rings is 1. The average molecular weight is 377 g/mol. The first-order valence-electron chi connectivity index (χ1n) is 7.51. The van der Waals surface area contributed by atoms with E-state index in [2.05, 4.69) is 30.3 Å². The molecule has 0 aliphatic carbocycles. The lowest BCUT2D eigenvalue weighted by Gasteiger charge is -2.01. The third-order valence-corrected chi connectivity index (χ3v) is 4.52. The molecule has 0 unspecified atom stereocenters. The van der Waals surface area contributed by atoms with Crippen LogP contribution >= 0.6 is 11.3 Å². The Morgan fingerprint density at radius 3 is 2.48 bits per heavy atom. The fourth-order valence-electron chi connectivity index (χ4n) is 2.28. The molecule has 132 valence electrons. The summed E-state index contributed by atoms with van der Waals surface area (Å²) in [6, 6.07) is 9.71. The molecule has 11 nitrogen and oxygen atoms in total. The molecule has 0 aliphatic rings. The van der Waals surface area contributed by atoms with E-state index in [1.54, 1.807) is 0 Å². The van der Waals surface area contributed by atoms with Crippen molar-refractivity contribution in [3.63, 3.8) is 0 Å². The summed E-state index contributed by atoms with van der Waals surface area (Å²) in [5.41, 5.74) is 18.0. The van der Waals surface area contributed by atoms with Crippen LogP contribution in [0, 0.1) is 11.3 Å². The Hall–Kier alpha value is -4.11. The van der Waals surface area contributed by atoms with Crippen LogP contribution in [0.5, 0.6) is 0 Å². The summed E-state index contributed by atoms with van der Waals surface area (Å²) in [4.78, 5) is 12.0. The Bertz CT molecular complexity index is 1170. The largest absolute Gasteiger partial charge is 0.382 e. The van der Waals surface area contributed by atoms with Crippen LogP contribution in [0.25, 0.3) is 15.3 Å². The Labute approximate surface area is 155 Å². The fourth-order valence-corrected chi connectivity index (χ4v) is 3.17. The zero-order chi connectivity index (χ0) is 19.0. The van der Waals surface area contributed by atoms with Gasteiger partial charge in [-0.3, -0.25) is 0 Å².